The third-order valence-corrected chi connectivity index (χ3v) is 4.27. The number of nitrogens with zero attached hydrogens (tertiary/aromatic N) is 1. The Labute approximate surface area is 124 Å². The molecule has 2 aliphatic carbocycles. The lowest BCUT2D eigenvalue weighted by Gasteiger charge is -2.20. The van der Waals surface area contributed by atoms with E-state index < -0.39 is 5.60 Å². The van der Waals surface area contributed by atoms with E-state index in [1.807, 2.05) is 12.1 Å². The highest BCUT2D eigenvalue weighted by molar-refractivity contribution is 5.85. The van der Waals surface area contributed by atoms with E-state index in [-0.39, 0.29) is 5.91 Å². The molecule has 0 radical (unpaired) electrons. The van der Waals surface area contributed by atoms with Crippen LogP contribution in [0, 0.1) is 5.92 Å². The lowest BCUT2D eigenvalue weighted by atomic mass is 10.0. The van der Waals surface area contributed by atoms with Crippen LogP contribution >= 0.6 is 0 Å². The first-order valence-corrected chi connectivity index (χ1v) is 7.74. The molecule has 3 rings (SSSR count). The smallest absolute Gasteiger partial charge is 0.252 e. The van der Waals surface area contributed by atoms with Crippen LogP contribution < -0.4 is 10.1 Å². The molecule has 1 amide bonds. The zero-order valence-corrected chi connectivity index (χ0v) is 12.2. The highest BCUT2D eigenvalue weighted by Crippen LogP contribution is 2.30. The summed E-state index contributed by atoms with van der Waals surface area (Å²) in [6.07, 6.45) is 7.17. The number of rotatable bonds is 6. The SMILES string of the molecule is O=C(NCc1ccc(OCC2CC2)nc1)C1(O)CCCC1. The Kier molecular flexibility index (Phi) is 4.10. The summed E-state index contributed by atoms with van der Waals surface area (Å²) in [6, 6.07) is 3.72. The van der Waals surface area contributed by atoms with Gasteiger partial charge < -0.3 is 15.2 Å². The molecule has 1 aromatic rings. The number of hydrogen-bond donors (Lipinski definition) is 2. The first-order valence-electron chi connectivity index (χ1n) is 7.74. The zero-order valence-electron chi connectivity index (χ0n) is 12.2. The van der Waals surface area contributed by atoms with Gasteiger partial charge in [0, 0.05) is 18.8 Å². The van der Waals surface area contributed by atoms with Crippen LogP contribution in [0.3, 0.4) is 0 Å². The second kappa shape index (κ2) is 6.02. The van der Waals surface area contributed by atoms with E-state index in [0.717, 1.165) is 25.0 Å². The maximum atomic E-state index is 12.0. The number of carbonyl (C=O) groups is 1. The second-order valence-corrected chi connectivity index (χ2v) is 6.18. The Morgan fingerprint density at radius 2 is 2.14 bits per heavy atom. The molecule has 0 unspecified atom stereocenters. The fourth-order valence-corrected chi connectivity index (χ4v) is 2.62. The van der Waals surface area contributed by atoms with Gasteiger partial charge in [-0.05, 0) is 50.0 Å². The van der Waals surface area contributed by atoms with Gasteiger partial charge in [0.05, 0.1) is 6.61 Å². The van der Waals surface area contributed by atoms with E-state index in [1.165, 1.54) is 12.8 Å². The second-order valence-electron chi connectivity index (χ2n) is 6.18. The summed E-state index contributed by atoms with van der Waals surface area (Å²) in [7, 11) is 0. The van der Waals surface area contributed by atoms with Crippen LogP contribution in [-0.2, 0) is 11.3 Å². The number of aromatic nitrogens is 1. The molecule has 0 spiro atoms. The van der Waals surface area contributed by atoms with Crippen molar-refractivity contribution in [1.82, 2.24) is 10.3 Å². The minimum absolute atomic E-state index is 0.269. The summed E-state index contributed by atoms with van der Waals surface area (Å²) in [6.45, 7) is 1.13. The van der Waals surface area contributed by atoms with Crippen molar-refractivity contribution in [1.29, 1.82) is 0 Å². The first-order chi connectivity index (χ1) is 10.2. The van der Waals surface area contributed by atoms with Gasteiger partial charge in [-0.25, -0.2) is 4.98 Å². The van der Waals surface area contributed by atoms with Crippen LogP contribution in [0.4, 0.5) is 0 Å². The fourth-order valence-electron chi connectivity index (χ4n) is 2.62. The van der Waals surface area contributed by atoms with Crippen LogP contribution in [0.25, 0.3) is 0 Å². The molecule has 21 heavy (non-hydrogen) atoms. The highest BCUT2D eigenvalue weighted by Gasteiger charge is 2.38. The molecule has 0 atom stereocenters. The molecule has 5 heteroatoms. The first kappa shape index (κ1) is 14.3. The molecule has 114 valence electrons. The maximum Gasteiger partial charge on any atom is 0.252 e. The van der Waals surface area contributed by atoms with E-state index >= 15 is 0 Å². The normalized spacial score (nSPS) is 20.2. The average molecular weight is 290 g/mol. The third-order valence-electron chi connectivity index (χ3n) is 4.27. The van der Waals surface area contributed by atoms with Gasteiger partial charge in [0.1, 0.15) is 5.60 Å². The van der Waals surface area contributed by atoms with Crippen LogP contribution in [0.15, 0.2) is 18.3 Å². The van der Waals surface area contributed by atoms with Crippen molar-refractivity contribution in [3.63, 3.8) is 0 Å². The number of nitrogens with one attached hydrogen (secondary N) is 1. The largest absolute Gasteiger partial charge is 0.477 e. The summed E-state index contributed by atoms with van der Waals surface area (Å²) in [4.78, 5) is 16.2. The van der Waals surface area contributed by atoms with Crippen molar-refractivity contribution in [2.75, 3.05) is 6.61 Å². The lowest BCUT2D eigenvalue weighted by Crippen LogP contribution is -2.44. The molecule has 0 aliphatic heterocycles. The molecular weight excluding hydrogens is 268 g/mol. The van der Waals surface area contributed by atoms with Crippen LogP contribution in [0.1, 0.15) is 44.1 Å². The fraction of sp³-hybridized carbons (Fsp3) is 0.625. The Morgan fingerprint density at radius 3 is 2.76 bits per heavy atom. The Hall–Kier alpha value is -1.62. The molecule has 2 fully saturated rings. The zero-order chi connectivity index (χ0) is 14.7. The van der Waals surface area contributed by atoms with E-state index in [0.29, 0.717) is 31.2 Å². The maximum absolute atomic E-state index is 12.0. The van der Waals surface area contributed by atoms with Gasteiger partial charge in [-0.15, -0.1) is 0 Å². The standard InChI is InChI=1S/C16H22N2O3/c19-15(16(20)7-1-2-8-16)18-10-13-5-6-14(17-9-13)21-11-12-3-4-12/h5-6,9,12,20H,1-4,7-8,10-11H2,(H,18,19). The van der Waals surface area contributed by atoms with Gasteiger partial charge in [-0.1, -0.05) is 6.07 Å². The predicted octanol–water partition coefficient (Wildman–Crippen LogP) is 1.79. The van der Waals surface area contributed by atoms with Crippen LogP contribution in [0.2, 0.25) is 0 Å². The summed E-state index contributed by atoms with van der Waals surface area (Å²) in [5, 5.41) is 13.0. The number of hydrogen-bond acceptors (Lipinski definition) is 4. The molecular formula is C16H22N2O3. The van der Waals surface area contributed by atoms with Crippen molar-refractivity contribution in [3.05, 3.63) is 23.9 Å². The Balaban J connectivity index is 1.47. The summed E-state index contributed by atoms with van der Waals surface area (Å²) < 4.78 is 5.57. The minimum atomic E-state index is -1.17. The number of ether oxygens (including phenoxy) is 1. The van der Waals surface area contributed by atoms with Gasteiger partial charge in [0.2, 0.25) is 5.88 Å². The number of pyridine rings is 1. The van der Waals surface area contributed by atoms with Gasteiger partial charge in [-0.3, -0.25) is 4.79 Å². The van der Waals surface area contributed by atoms with Crippen molar-refractivity contribution in [2.24, 2.45) is 5.92 Å². The van der Waals surface area contributed by atoms with Crippen LogP contribution in [-0.4, -0.2) is 28.2 Å². The molecule has 2 N–H and O–H groups in total. The van der Waals surface area contributed by atoms with E-state index in [2.05, 4.69) is 10.3 Å². The summed E-state index contributed by atoms with van der Waals surface area (Å²) >= 11 is 0. The minimum Gasteiger partial charge on any atom is -0.477 e. The van der Waals surface area contributed by atoms with E-state index in [4.69, 9.17) is 4.74 Å². The third kappa shape index (κ3) is 3.73. The van der Waals surface area contributed by atoms with Crippen molar-refractivity contribution in [3.8, 4) is 5.88 Å². The molecule has 5 nitrogen and oxygen atoms in total. The van der Waals surface area contributed by atoms with Crippen molar-refractivity contribution >= 4 is 5.91 Å². The number of aliphatic hydroxyl groups is 1. The molecule has 1 aromatic heterocycles. The highest BCUT2D eigenvalue weighted by atomic mass is 16.5. The summed E-state index contributed by atoms with van der Waals surface area (Å²) in [5.41, 5.74) is -0.260. The van der Waals surface area contributed by atoms with E-state index in [9.17, 15) is 9.90 Å². The Morgan fingerprint density at radius 1 is 1.38 bits per heavy atom. The molecule has 0 bridgehead atoms. The van der Waals surface area contributed by atoms with Crippen molar-refractivity contribution < 1.29 is 14.6 Å². The van der Waals surface area contributed by atoms with Gasteiger partial charge in [0.15, 0.2) is 0 Å². The number of amides is 1. The monoisotopic (exact) mass is 290 g/mol. The van der Waals surface area contributed by atoms with Gasteiger partial charge in [0.25, 0.3) is 5.91 Å². The molecule has 0 aromatic carbocycles. The molecule has 2 saturated carbocycles. The van der Waals surface area contributed by atoms with E-state index in [1.54, 1.807) is 6.20 Å². The topological polar surface area (TPSA) is 71.5 Å². The average Bonchev–Trinajstić information content (AvgIpc) is 3.23. The predicted molar refractivity (Wildman–Crippen MR) is 77.7 cm³/mol. The van der Waals surface area contributed by atoms with Gasteiger partial charge >= 0.3 is 0 Å². The molecule has 0 saturated heterocycles. The number of carbonyl (C=O) groups excluding carboxylic acids is 1. The van der Waals surface area contributed by atoms with Gasteiger partial charge in [-0.2, -0.15) is 0 Å². The van der Waals surface area contributed by atoms with Crippen molar-refractivity contribution in [2.45, 2.75) is 50.7 Å². The Bertz CT molecular complexity index is 491. The summed E-state index contributed by atoms with van der Waals surface area (Å²) in [5.74, 6) is 1.07. The van der Waals surface area contributed by atoms with Crippen LogP contribution in [0.5, 0.6) is 5.88 Å². The quantitative estimate of drug-likeness (QED) is 0.838. The molecule has 2 aliphatic rings. The lowest BCUT2D eigenvalue weighted by molar-refractivity contribution is -0.139. The molecule has 1 heterocycles.